The number of aryl methyl sites for hydroxylation is 1. The molecule has 1 N–H and O–H groups in total. The molecular formula is C17H21NO. The summed E-state index contributed by atoms with van der Waals surface area (Å²) in [4.78, 5) is 0. The van der Waals surface area contributed by atoms with Gasteiger partial charge in [-0.15, -0.1) is 0 Å². The van der Waals surface area contributed by atoms with Gasteiger partial charge in [0.1, 0.15) is 11.9 Å². The minimum Gasteiger partial charge on any atom is -0.485 e. The van der Waals surface area contributed by atoms with Crippen LogP contribution in [0.4, 0.5) is 0 Å². The fourth-order valence-corrected chi connectivity index (χ4v) is 1.81. The van der Waals surface area contributed by atoms with Gasteiger partial charge in [-0.2, -0.15) is 0 Å². The van der Waals surface area contributed by atoms with Gasteiger partial charge in [0, 0.05) is 13.2 Å². The maximum absolute atomic E-state index is 8.35. The third-order valence-electron chi connectivity index (χ3n) is 2.82. The predicted octanol–water partition coefficient (Wildman–Crippen LogP) is 3.72. The van der Waals surface area contributed by atoms with Gasteiger partial charge in [0.05, 0.1) is 0 Å². The number of hydrogen-bond acceptors (Lipinski definition) is 2. The van der Waals surface area contributed by atoms with Crippen molar-refractivity contribution in [2.45, 2.75) is 19.4 Å². The number of nitrogens with one attached hydrogen (secondary N) is 1. The van der Waals surface area contributed by atoms with Crippen LogP contribution in [0.5, 0.6) is 5.75 Å². The molecule has 100 valence electrons. The summed E-state index contributed by atoms with van der Waals surface area (Å²) >= 11 is 0. The lowest BCUT2D eigenvalue weighted by atomic mass is 10.1. The molecule has 0 saturated heterocycles. The highest BCUT2D eigenvalue weighted by atomic mass is 16.5. The molecule has 2 rings (SSSR count). The van der Waals surface area contributed by atoms with E-state index < -0.39 is 19.5 Å². The lowest BCUT2D eigenvalue weighted by Gasteiger charge is -2.20. The molecule has 19 heavy (non-hydrogen) atoms. The SMILES string of the molecule is [2H]C([2H])([2H])NCC([2H])([2H])C(Oc1ccccc1C)c1ccccc1. The molecule has 0 saturated carbocycles. The molecule has 0 aliphatic carbocycles. The average molecular weight is 260 g/mol. The minimum atomic E-state index is -2.41. The Kier molecular flexibility index (Phi) is 3.07. The molecular weight excluding hydrogens is 234 g/mol. The average Bonchev–Trinajstić information content (AvgIpc) is 2.52. The number of ether oxygens (including phenoxy) is 1. The Morgan fingerprint density at radius 3 is 2.63 bits per heavy atom. The Labute approximate surface area is 122 Å². The first-order chi connectivity index (χ1) is 11.2. The van der Waals surface area contributed by atoms with Crippen LogP contribution in [0.15, 0.2) is 54.6 Å². The Morgan fingerprint density at radius 2 is 1.89 bits per heavy atom. The van der Waals surface area contributed by atoms with Crippen LogP contribution in [0.3, 0.4) is 0 Å². The Balaban J connectivity index is 2.31. The van der Waals surface area contributed by atoms with Gasteiger partial charge >= 0.3 is 0 Å². The van der Waals surface area contributed by atoms with Crippen molar-refractivity contribution in [3.8, 4) is 5.75 Å². The molecule has 0 aliphatic rings. The number of hydrogen-bond donors (Lipinski definition) is 1. The number of rotatable bonds is 6. The van der Waals surface area contributed by atoms with Crippen molar-refractivity contribution in [3.05, 3.63) is 65.7 Å². The Morgan fingerprint density at radius 1 is 1.16 bits per heavy atom. The van der Waals surface area contributed by atoms with E-state index in [1.165, 1.54) is 0 Å². The van der Waals surface area contributed by atoms with Crippen LogP contribution in [0, 0.1) is 6.92 Å². The summed E-state index contributed by atoms with van der Waals surface area (Å²) < 4.78 is 44.3. The van der Waals surface area contributed by atoms with E-state index in [9.17, 15) is 0 Å². The summed E-state index contributed by atoms with van der Waals surface area (Å²) in [6.07, 6.45) is -2.85. The van der Waals surface area contributed by atoms with Gasteiger partial charge in [-0.25, -0.2) is 0 Å². The molecule has 2 nitrogen and oxygen atoms in total. The summed E-state index contributed by atoms with van der Waals surface area (Å²) in [6, 6.07) is 16.3. The van der Waals surface area contributed by atoms with Crippen molar-refractivity contribution in [1.82, 2.24) is 5.32 Å². The first-order valence-corrected chi connectivity index (χ1v) is 6.21. The molecule has 0 spiro atoms. The molecule has 1 atom stereocenters. The standard InChI is InChI=1S/C17H21NO/c1-14-8-6-7-11-16(14)19-17(12-13-18-2)15-9-4-3-5-10-15/h3-11,17-18H,12-13H2,1-2H3/i2D3,12D2. The highest BCUT2D eigenvalue weighted by molar-refractivity contribution is 5.33. The van der Waals surface area contributed by atoms with E-state index in [-0.39, 0.29) is 6.54 Å². The fourth-order valence-electron chi connectivity index (χ4n) is 1.81. The van der Waals surface area contributed by atoms with E-state index in [1.54, 1.807) is 30.3 Å². The van der Waals surface area contributed by atoms with Crippen molar-refractivity contribution in [2.75, 3.05) is 13.5 Å². The number of para-hydroxylation sites is 1. The van der Waals surface area contributed by atoms with Crippen LogP contribution in [-0.2, 0) is 0 Å². The third-order valence-corrected chi connectivity index (χ3v) is 2.82. The minimum absolute atomic E-state index is 0.352. The molecule has 0 aromatic heterocycles. The van der Waals surface area contributed by atoms with Gasteiger partial charge in [0.15, 0.2) is 0 Å². The lowest BCUT2D eigenvalue weighted by Crippen LogP contribution is -2.16. The second-order valence-electron chi connectivity index (χ2n) is 4.23. The zero-order valence-electron chi connectivity index (χ0n) is 15.9. The van der Waals surface area contributed by atoms with Crippen LogP contribution in [0.2, 0.25) is 0 Å². The van der Waals surface area contributed by atoms with E-state index in [4.69, 9.17) is 11.6 Å². The van der Waals surface area contributed by atoms with Crippen molar-refractivity contribution in [2.24, 2.45) is 0 Å². The molecule has 0 aliphatic heterocycles. The zero-order chi connectivity index (χ0) is 17.8. The normalized spacial score (nSPS) is 17.4. The monoisotopic (exact) mass is 260 g/mol. The van der Waals surface area contributed by atoms with Gasteiger partial charge in [-0.05, 0) is 37.6 Å². The predicted molar refractivity (Wildman–Crippen MR) is 79.5 cm³/mol. The highest BCUT2D eigenvalue weighted by Crippen LogP contribution is 2.26. The second-order valence-corrected chi connectivity index (χ2v) is 4.23. The topological polar surface area (TPSA) is 21.3 Å². The molecule has 0 fully saturated rings. The highest BCUT2D eigenvalue weighted by Gasteiger charge is 2.13. The van der Waals surface area contributed by atoms with E-state index in [2.05, 4.69) is 5.32 Å². The third kappa shape index (κ3) is 3.83. The van der Waals surface area contributed by atoms with Crippen LogP contribution in [-0.4, -0.2) is 13.5 Å². The van der Waals surface area contributed by atoms with Gasteiger partial charge in [-0.1, -0.05) is 48.5 Å². The number of benzene rings is 2. The van der Waals surface area contributed by atoms with Crippen LogP contribution in [0.25, 0.3) is 0 Å². The van der Waals surface area contributed by atoms with E-state index >= 15 is 0 Å². The molecule has 1 unspecified atom stereocenters. The van der Waals surface area contributed by atoms with Crippen LogP contribution in [0.1, 0.15) is 30.5 Å². The molecule has 0 amide bonds. The molecule has 2 heteroatoms. The van der Waals surface area contributed by atoms with Crippen molar-refractivity contribution in [1.29, 1.82) is 0 Å². The van der Waals surface area contributed by atoms with E-state index in [0.717, 1.165) is 5.56 Å². The molecule has 0 bridgehead atoms. The maximum atomic E-state index is 8.35. The summed E-state index contributed by atoms with van der Waals surface area (Å²) in [5.41, 5.74) is 1.54. The van der Waals surface area contributed by atoms with Crippen molar-refractivity contribution in [3.63, 3.8) is 0 Å². The molecule has 0 heterocycles. The molecule has 2 aromatic carbocycles. The first-order valence-electron chi connectivity index (χ1n) is 8.71. The smallest absolute Gasteiger partial charge is 0.125 e. The van der Waals surface area contributed by atoms with Gasteiger partial charge in [0.2, 0.25) is 0 Å². The lowest BCUT2D eigenvalue weighted by molar-refractivity contribution is 0.193. The summed E-state index contributed by atoms with van der Waals surface area (Å²) in [5.74, 6) is 0.573. The van der Waals surface area contributed by atoms with Crippen molar-refractivity contribution >= 4 is 0 Å². The van der Waals surface area contributed by atoms with Crippen molar-refractivity contribution < 1.29 is 11.6 Å². The maximum Gasteiger partial charge on any atom is 0.125 e. The molecule has 0 radical (unpaired) electrons. The summed E-state index contributed by atoms with van der Waals surface area (Å²) in [6.45, 7) is -0.875. The summed E-state index contributed by atoms with van der Waals surface area (Å²) in [7, 11) is 0. The van der Waals surface area contributed by atoms with Crippen LogP contribution < -0.4 is 10.1 Å². The largest absolute Gasteiger partial charge is 0.485 e. The molecule has 2 aromatic rings. The van der Waals surface area contributed by atoms with Gasteiger partial charge in [0.25, 0.3) is 0 Å². The Bertz CT molecular complexity index is 658. The quantitative estimate of drug-likeness (QED) is 0.854. The van der Waals surface area contributed by atoms with E-state index in [0.29, 0.717) is 11.3 Å². The van der Waals surface area contributed by atoms with Gasteiger partial charge < -0.3 is 10.1 Å². The zero-order valence-corrected chi connectivity index (χ0v) is 10.9. The first kappa shape index (κ1) is 8.39. The van der Waals surface area contributed by atoms with E-state index in [1.807, 2.05) is 31.2 Å². The Hall–Kier alpha value is -1.80. The van der Waals surface area contributed by atoms with Crippen LogP contribution >= 0.6 is 0 Å². The van der Waals surface area contributed by atoms with Gasteiger partial charge in [-0.3, -0.25) is 0 Å². The second kappa shape index (κ2) is 6.95. The fraction of sp³-hybridized carbons (Fsp3) is 0.294. The summed E-state index contributed by atoms with van der Waals surface area (Å²) in [5, 5.41) is 2.26.